The lowest BCUT2D eigenvalue weighted by molar-refractivity contribution is 0.0702. The van der Waals surface area contributed by atoms with Gasteiger partial charge in [0, 0.05) is 0 Å². The summed E-state index contributed by atoms with van der Waals surface area (Å²) in [7, 11) is 0. The highest BCUT2D eigenvalue weighted by molar-refractivity contribution is 7.12. The molecule has 0 aliphatic heterocycles. The van der Waals surface area contributed by atoms with E-state index in [9.17, 15) is 9.59 Å². The fourth-order valence-electron chi connectivity index (χ4n) is 0.759. The Kier molecular flexibility index (Phi) is 7.07. The number of rotatable bonds is 2. The van der Waals surface area contributed by atoms with Gasteiger partial charge in [0.2, 0.25) is 0 Å². The summed E-state index contributed by atoms with van der Waals surface area (Å²) in [5, 5.41) is 11.9. The molecule has 2 rings (SSSR count). The maximum atomic E-state index is 10.1. The summed E-state index contributed by atoms with van der Waals surface area (Å²) in [5.41, 5.74) is 0. The van der Waals surface area contributed by atoms with E-state index in [2.05, 4.69) is 0 Å². The molecule has 0 radical (unpaired) electrons. The minimum atomic E-state index is -0.847. The fraction of sp³-hybridized carbons (Fsp3) is 0.0909. The number of thiophene rings is 2. The first-order valence-corrected chi connectivity index (χ1v) is 5.75. The van der Waals surface area contributed by atoms with Crippen LogP contribution in [0.2, 0.25) is 0 Å². The molecule has 0 amide bonds. The highest BCUT2D eigenvalue weighted by Gasteiger charge is 1.99. The number of carboxylic acids is 1. The molecule has 0 aromatic carbocycles. The first-order chi connectivity index (χ1) is 7.24. The molecule has 0 aliphatic carbocycles. The summed E-state index contributed by atoms with van der Waals surface area (Å²) in [6.07, 6.45) is 0.852. The van der Waals surface area contributed by atoms with Gasteiger partial charge in [-0.15, -0.1) is 22.7 Å². The number of hydrogen-bond donors (Lipinski definition) is 1. The van der Waals surface area contributed by atoms with Crippen LogP contribution in [-0.2, 0) is 0 Å². The van der Waals surface area contributed by atoms with Gasteiger partial charge in [-0.1, -0.05) is 19.6 Å². The average molecular weight is 256 g/mol. The molecule has 16 heavy (non-hydrogen) atoms. The Morgan fingerprint density at radius 1 is 1.19 bits per heavy atom. The number of aromatic carboxylic acids is 1. The molecule has 2 aromatic heterocycles. The maximum absolute atomic E-state index is 10.1. The zero-order valence-electron chi connectivity index (χ0n) is 7.62. The first-order valence-electron chi connectivity index (χ1n) is 3.99. The fourth-order valence-corrected chi connectivity index (χ4v) is 1.85. The van der Waals surface area contributed by atoms with E-state index in [-0.39, 0.29) is 7.43 Å². The third kappa shape index (κ3) is 4.86. The number of hydrogen-bond acceptors (Lipinski definition) is 4. The smallest absolute Gasteiger partial charge is 0.345 e. The topological polar surface area (TPSA) is 54.4 Å². The molecule has 3 nitrogen and oxygen atoms in total. The van der Waals surface area contributed by atoms with Gasteiger partial charge < -0.3 is 5.11 Å². The molecule has 86 valence electrons. The number of carbonyl (C=O) groups excluding carboxylic acids is 1. The molecule has 0 saturated heterocycles. The predicted octanol–water partition coefficient (Wildman–Crippen LogP) is 3.64. The average Bonchev–Trinajstić information content (AvgIpc) is 2.92. The van der Waals surface area contributed by atoms with Crippen LogP contribution < -0.4 is 0 Å². The Balaban J connectivity index is 0.000000267. The van der Waals surface area contributed by atoms with Crippen molar-refractivity contribution in [3.05, 3.63) is 44.8 Å². The van der Waals surface area contributed by atoms with Gasteiger partial charge in [0.1, 0.15) is 4.88 Å². The summed E-state index contributed by atoms with van der Waals surface area (Å²) in [6, 6.07) is 6.94. The van der Waals surface area contributed by atoms with Gasteiger partial charge in [-0.25, -0.2) is 4.79 Å². The molecule has 2 aromatic rings. The quantitative estimate of drug-likeness (QED) is 0.834. The molecule has 1 N–H and O–H groups in total. The predicted molar refractivity (Wildman–Crippen MR) is 67.7 cm³/mol. The Morgan fingerprint density at radius 2 is 1.81 bits per heavy atom. The van der Waals surface area contributed by atoms with Gasteiger partial charge in [-0.3, -0.25) is 4.79 Å². The third-order valence-electron chi connectivity index (χ3n) is 1.39. The van der Waals surface area contributed by atoms with Crippen molar-refractivity contribution in [1.29, 1.82) is 0 Å². The standard InChI is InChI=1S/C5H4O2S.C5H4OS.CH4/c6-5(7)4-2-1-3-8-4;6-4-5-2-1-3-7-5;/h1-3H,(H,6,7);1-4H;1H4. The summed E-state index contributed by atoms with van der Waals surface area (Å²) in [6.45, 7) is 0. The van der Waals surface area contributed by atoms with Crippen LogP contribution in [0.3, 0.4) is 0 Å². The van der Waals surface area contributed by atoms with Crippen molar-refractivity contribution in [2.24, 2.45) is 0 Å². The Morgan fingerprint density at radius 3 is 2.06 bits per heavy atom. The molecule has 5 heteroatoms. The Bertz CT molecular complexity index is 404. The van der Waals surface area contributed by atoms with Crippen LogP contribution in [0, 0.1) is 0 Å². The zero-order chi connectivity index (χ0) is 11.1. The van der Waals surface area contributed by atoms with Crippen LogP contribution in [0.5, 0.6) is 0 Å². The lowest BCUT2D eigenvalue weighted by atomic mass is 10.5. The van der Waals surface area contributed by atoms with Crippen LogP contribution >= 0.6 is 22.7 Å². The zero-order valence-corrected chi connectivity index (χ0v) is 9.25. The molecular weight excluding hydrogens is 244 g/mol. The van der Waals surface area contributed by atoms with Gasteiger partial charge in [0.15, 0.2) is 6.29 Å². The minimum Gasteiger partial charge on any atom is -0.477 e. The summed E-state index contributed by atoms with van der Waals surface area (Å²) >= 11 is 2.69. The molecule has 0 saturated carbocycles. The van der Waals surface area contributed by atoms with E-state index in [0.29, 0.717) is 4.88 Å². The van der Waals surface area contributed by atoms with Crippen molar-refractivity contribution in [3.8, 4) is 0 Å². The van der Waals surface area contributed by atoms with E-state index in [1.165, 1.54) is 22.7 Å². The molecular formula is C11H12O3S2. The SMILES string of the molecule is C.O=C(O)c1cccs1.O=Cc1cccs1. The van der Waals surface area contributed by atoms with Crippen LogP contribution in [-0.4, -0.2) is 17.4 Å². The van der Waals surface area contributed by atoms with Gasteiger partial charge in [0.25, 0.3) is 0 Å². The van der Waals surface area contributed by atoms with E-state index >= 15 is 0 Å². The Hall–Kier alpha value is -1.46. The van der Waals surface area contributed by atoms with Gasteiger partial charge in [0.05, 0.1) is 4.88 Å². The van der Waals surface area contributed by atoms with E-state index < -0.39 is 5.97 Å². The third-order valence-corrected chi connectivity index (χ3v) is 3.05. The molecule has 0 fully saturated rings. The van der Waals surface area contributed by atoms with Gasteiger partial charge >= 0.3 is 5.97 Å². The van der Waals surface area contributed by atoms with Gasteiger partial charge in [-0.2, -0.15) is 0 Å². The highest BCUT2D eigenvalue weighted by Crippen LogP contribution is 2.06. The van der Waals surface area contributed by atoms with E-state index in [0.717, 1.165) is 11.2 Å². The van der Waals surface area contributed by atoms with E-state index in [4.69, 9.17) is 5.11 Å². The summed E-state index contributed by atoms with van der Waals surface area (Å²) < 4.78 is 0. The number of carboxylic acid groups (broad SMARTS) is 1. The molecule has 0 atom stereocenters. The van der Waals surface area contributed by atoms with Crippen LogP contribution in [0.15, 0.2) is 35.0 Å². The number of aldehydes is 1. The maximum Gasteiger partial charge on any atom is 0.345 e. The minimum absolute atomic E-state index is 0. The van der Waals surface area contributed by atoms with Crippen molar-refractivity contribution in [2.45, 2.75) is 7.43 Å². The van der Waals surface area contributed by atoms with Crippen molar-refractivity contribution in [1.82, 2.24) is 0 Å². The van der Waals surface area contributed by atoms with E-state index in [1.54, 1.807) is 23.6 Å². The lowest BCUT2D eigenvalue weighted by Gasteiger charge is -1.78. The van der Waals surface area contributed by atoms with Crippen LogP contribution in [0.4, 0.5) is 0 Å². The van der Waals surface area contributed by atoms with E-state index in [1.807, 2.05) is 11.4 Å². The van der Waals surface area contributed by atoms with Crippen molar-refractivity contribution in [2.75, 3.05) is 0 Å². The molecule has 0 unspecified atom stereocenters. The highest BCUT2D eigenvalue weighted by atomic mass is 32.1. The van der Waals surface area contributed by atoms with Crippen molar-refractivity contribution in [3.63, 3.8) is 0 Å². The largest absolute Gasteiger partial charge is 0.477 e. The second-order valence-electron chi connectivity index (χ2n) is 2.42. The van der Waals surface area contributed by atoms with Crippen molar-refractivity contribution >= 4 is 34.9 Å². The first kappa shape index (κ1) is 14.5. The van der Waals surface area contributed by atoms with Gasteiger partial charge in [-0.05, 0) is 22.9 Å². The second-order valence-corrected chi connectivity index (χ2v) is 4.34. The molecule has 0 spiro atoms. The molecule has 2 heterocycles. The summed E-state index contributed by atoms with van der Waals surface area (Å²) in [5.74, 6) is -0.847. The van der Waals surface area contributed by atoms with Crippen LogP contribution in [0.1, 0.15) is 26.8 Å². The lowest BCUT2D eigenvalue weighted by Crippen LogP contribution is -1.89. The monoisotopic (exact) mass is 256 g/mol. The van der Waals surface area contributed by atoms with Crippen molar-refractivity contribution < 1.29 is 14.7 Å². The number of carbonyl (C=O) groups is 2. The molecule has 0 aliphatic rings. The van der Waals surface area contributed by atoms with Crippen LogP contribution in [0.25, 0.3) is 0 Å². The molecule has 0 bridgehead atoms. The normalized spacial score (nSPS) is 8.25. The summed E-state index contributed by atoms with van der Waals surface area (Å²) in [4.78, 5) is 21.1. The Labute approximate surface area is 102 Å². The second kappa shape index (κ2) is 7.78.